The maximum Gasteiger partial charge on any atom is 0.290 e. The third kappa shape index (κ3) is 4.46. The fraction of sp³-hybridized carbons (Fsp3) is 0.316. The summed E-state index contributed by atoms with van der Waals surface area (Å²) in [5.74, 6) is -0.283. The van der Waals surface area contributed by atoms with Crippen LogP contribution in [-0.2, 0) is 9.59 Å². The summed E-state index contributed by atoms with van der Waals surface area (Å²) in [6, 6.07) is 9.18. The fourth-order valence-electron chi connectivity index (χ4n) is 2.89. The molecule has 27 heavy (non-hydrogen) atoms. The maximum atomic E-state index is 12.6. The van der Waals surface area contributed by atoms with E-state index in [0.29, 0.717) is 31.1 Å². The lowest BCUT2D eigenvalue weighted by Gasteiger charge is -2.34. The zero-order valence-corrected chi connectivity index (χ0v) is 14.9. The molecule has 3 rings (SSSR count). The normalized spacial score (nSPS) is 16.6. The number of nitrogens with one attached hydrogen (secondary N) is 2. The quantitative estimate of drug-likeness (QED) is 0.804. The average Bonchev–Trinajstić information content (AvgIpc) is 3.19. The second-order valence-corrected chi connectivity index (χ2v) is 5.99. The van der Waals surface area contributed by atoms with Gasteiger partial charge in [0.1, 0.15) is 11.8 Å². The second kappa shape index (κ2) is 8.39. The Morgan fingerprint density at radius 2 is 2.07 bits per heavy atom. The van der Waals surface area contributed by atoms with Crippen molar-refractivity contribution >= 4 is 23.4 Å². The molecule has 1 aromatic carbocycles. The zero-order chi connectivity index (χ0) is 19.2. The predicted molar refractivity (Wildman–Crippen MR) is 97.4 cm³/mol. The number of carbonyl (C=O) groups excluding carboxylic acids is 3. The highest BCUT2D eigenvalue weighted by molar-refractivity contribution is 6.00. The summed E-state index contributed by atoms with van der Waals surface area (Å²) in [4.78, 5) is 38.6. The summed E-state index contributed by atoms with van der Waals surface area (Å²) in [5.41, 5.74) is 0.587. The van der Waals surface area contributed by atoms with Crippen molar-refractivity contribution in [1.82, 2.24) is 10.2 Å². The maximum absolute atomic E-state index is 12.6. The highest BCUT2D eigenvalue weighted by atomic mass is 16.5. The molecule has 0 radical (unpaired) electrons. The molecule has 1 aliphatic rings. The molecule has 0 bridgehead atoms. The molecule has 3 amide bonds. The fourth-order valence-corrected chi connectivity index (χ4v) is 2.89. The van der Waals surface area contributed by atoms with Crippen LogP contribution >= 0.6 is 0 Å². The van der Waals surface area contributed by atoms with E-state index in [9.17, 15) is 14.4 Å². The molecule has 8 heteroatoms. The SMILES string of the molecule is CCOc1ccc(NC(=O)C[C@H]2C(=O)NCCN2C(=O)c2ccco2)cc1. The molecule has 0 aliphatic carbocycles. The van der Waals surface area contributed by atoms with E-state index in [2.05, 4.69) is 10.6 Å². The van der Waals surface area contributed by atoms with Gasteiger partial charge in [0.15, 0.2) is 5.76 Å². The lowest BCUT2D eigenvalue weighted by Crippen LogP contribution is -2.58. The van der Waals surface area contributed by atoms with Gasteiger partial charge in [-0.25, -0.2) is 0 Å². The minimum absolute atomic E-state index is 0.140. The summed E-state index contributed by atoms with van der Waals surface area (Å²) in [6.45, 7) is 3.09. The number of ether oxygens (including phenoxy) is 1. The average molecular weight is 371 g/mol. The Bertz CT molecular complexity index is 801. The standard InChI is InChI=1S/C19H21N3O5/c1-2-26-14-7-5-13(6-8-14)21-17(23)12-15-18(24)20-9-10-22(15)19(25)16-4-3-11-27-16/h3-8,11,15H,2,9-10,12H2,1H3,(H,20,24)(H,21,23)/t15-/m0/s1. The largest absolute Gasteiger partial charge is 0.494 e. The molecule has 1 atom stereocenters. The van der Waals surface area contributed by atoms with Gasteiger partial charge < -0.3 is 24.7 Å². The van der Waals surface area contributed by atoms with Gasteiger partial charge in [0.25, 0.3) is 5.91 Å². The topological polar surface area (TPSA) is 101 Å². The summed E-state index contributed by atoms with van der Waals surface area (Å²) in [5, 5.41) is 5.43. The van der Waals surface area contributed by atoms with Crippen LogP contribution < -0.4 is 15.4 Å². The molecule has 2 aromatic rings. The summed E-state index contributed by atoms with van der Waals surface area (Å²) in [7, 11) is 0. The Hall–Kier alpha value is -3.29. The molecule has 1 saturated heterocycles. The van der Waals surface area contributed by atoms with Gasteiger partial charge in [-0.3, -0.25) is 14.4 Å². The molecule has 142 valence electrons. The first-order valence-corrected chi connectivity index (χ1v) is 8.73. The predicted octanol–water partition coefficient (Wildman–Crippen LogP) is 1.65. The smallest absolute Gasteiger partial charge is 0.290 e. The number of hydrogen-bond donors (Lipinski definition) is 2. The van der Waals surface area contributed by atoms with Crippen LogP contribution in [0.1, 0.15) is 23.9 Å². The van der Waals surface area contributed by atoms with E-state index in [4.69, 9.17) is 9.15 Å². The summed E-state index contributed by atoms with van der Waals surface area (Å²) in [6.07, 6.45) is 1.25. The van der Waals surface area contributed by atoms with Crippen molar-refractivity contribution < 1.29 is 23.5 Å². The third-order valence-electron chi connectivity index (χ3n) is 4.15. The molecule has 2 N–H and O–H groups in total. The van der Waals surface area contributed by atoms with Gasteiger partial charge in [-0.1, -0.05) is 0 Å². The van der Waals surface area contributed by atoms with Gasteiger partial charge in [0.05, 0.1) is 19.3 Å². The van der Waals surface area contributed by atoms with Crippen LogP contribution in [0.5, 0.6) is 5.75 Å². The molecule has 0 saturated carbocycles. The Kier molecular flexibility index (Phi) is 5.75. The monoisotopic (exact) mass is 371 g/mol. The molecule has 1 aromatic heterocycles. The van der Waals surface area contributed by atoms with Crippen molar-refractivity contribution in [1.29, 1.82) is 0 Å². The summed E-state index contributed by atoms with van der Waals surface area (Å²) < 4.78 is 10.5. The lowest BCUT2D eigenvalue weighted by molar-refractivity contribution is -0.131. The molecule has 0 spiro atoms. The van der Waals surface area contributed by atoms with Crippen LogP contribution in [0.25, 0.3) is 0 Å². The highest BCUT2D eigenvalue weighted by Gasteiger charge is 2.36. The van der Waals surface area contributed by atoms with Gasteiger partial charge in [-0.05, 0) is 43.3 Å². The number of carbonyl (C=O) groups is 3. The minimum atomic E-state index is -0.890. The van der Waals surface area contributed by atoms with Crippen LogP contribution in [0.4, 0.5) is 5.69 Å². The van der Waals surface area contributed by atoms with Crippen LogP contribution in [0, 0.1) is 0 Å². The number of furan rings is 1. The number of rotatable bonds is 6. The summed E-state index contributed by atoms with van der Waals surface area (Å²) >= 11 is 0. The molecule has 1 aliphatic heterocycles. The molecule has 2 heterocycles. The molecular weight excluding hydrogens is 350 g/mol. The van der Waals surface area contributed by atoms with Gasteiger partial charge in [0, 0.05) is 18.8 Å². The van der Waals surface area contributed by atoms with Gasteiger partial charge in [-0.2, -0.15) is 0 Å². The van der Waals surface area contributed by atoms with Crippen molar-refractivity contribution in [2.75, 3.05) is 25.0 Å². The van der Waals surface area contributed by atoms with Crippen LogP contribution in [0.15, 0.2) is 47.1 Å². The van der Waals surface area contributed by atoms with E-state index in [1.54, 1.807) is 30.3 Å². The number of amides is 3. The molecular formula is C19H21N3O5. The van der Waals surface area contributed by atoms with Crippen LogP contribution in [0.2, 0.25) is 0 Å². The first-order chi connectivity index (χ1) is 13.1. The molecule has 1 fully saturated rings. The number of benzene rings is 1. The molecule has 8 nitrogen and oxygen atoms in total. The number of piperazine rings is 1. The third-order valence-corrected chi connectivity index (χ3v) is 4.15. The Morgan fingerprint density at radius 3 is 2.74 bits per heavy atom. The van der Waals surface area contributed by atoms with Crippen molar-refractivity contribution in [2.45, 2.75) is 19.4 Å². The van der Waals surface area contributed by atoms with Crippen molar-refractivity contribution in [2.24, 2.45) is 0 Å². The lowest BCUT2D eigenvalue weighted by atomic mass is 10.1. The van der Waals surface area contributed by atoms with E-state index in [1.807, 2.05) is 6.92 Å². The zero-order valence-electron chi connectivity index (χ0n) is 14.9. The van der Waals surface area contributed by atoms with Gasteiger partial charge in [0.2, 0.25) is 11.8 Å². The van der Waals surface area contributed by atoms with E-state index in [1.165, 1.54) is 17.2 Å². The van der Waals surface area contributed by atoms with Crippen LogP contribution in [-0.4, -0.2) is 48.4 Å². The number of nitrogens with zero attached hydrogens (tertiary/aromatic N) is 1. The van der Waals surface area contributed by atoms with E-state index in [0.717, 1.165) is 0 Å². The molecule has 0 unspecified atom stereocenters. The first-order valence-electron chi connectivity index (χ1n) is 8.73. The van der Waals surface area contributed by atoms with Crippen molar-refractivity contribution in [3.05, 3.63) is 48.4 Å². The van der Waals surface area contributed by atoms with E-state index in [-0.39, 0.29) is 24.0 Å². The first kappa shape index (κ1) is 18.5. The number of anilines is 1. The second-order valence-electron chi connectivity index (χ2n) is 5.99. The van der Waals surface area contributed by atoms with Gasteiger partial charge >= 0.3 is 0 Å². The number of hydrogen-bond acceptors (Lipinski definition) is 5. The van der Waals surface area contributed by atoms with Crippen molar-refractivity contribution in [3.8, 4) is 5.75 Å². The Labute approximate surface area is 156 Å². The van der Waals surface area contributed by atoms with E-state index < -0.39 is 11.9 Å². The van der Waals surface area contributed by atoms with Gasteiger partial charge in [-0.15, -0.1) is 0 Å². The Balaban J connectivity index is 1.66. The van der Waals surface area contributed by atoms with Crippen LogP contribution in [0.3, 0.4) is 0 Å². The Morgan fingerprint density at radius 1 is 1.30 bits per heavy atom. The minimum Gasteiger partial charge on any atom is -0.494 e. The highest BCUT2D eigenvalue weighted by Crippen LogP contribution is 2.18. The van der Waals surface area contributed by atoms with Crippen molar-refractivity contribution in [3.63, 3.8) is 0 Å². The van der Waals surface area contributed by atoms with E-state index >= 15 is 0 Å².